The molecule has 3 heteroatoms. The fraction of sp³-hybridized carbons (Fsp3) is 0.368. The summed E-state index contributed by atoms with van der Waals surface area (Å²) in [5.74, 6) is 1.13. The largest absolute Gasteiger partial charge is 0.508 e. The lowest BCUT2D eigenvalue weighted by Gasteiger charge is -2.38. The Kier molecular flexibility index (Phi) is 4.34. The van der Waals surface area contributed by atoms with Crippen LogP contribution in [0.5, 0.6) is 11.5 Å². The Labute approximate surface area is 131 Å². The summed E-state index contributed by atoms with van der Waals surface area (Å²) >= 11 is 0. The van der Waals surface area contributed by atoms with Crippen molar-refractivity contribution in [3.8, 4) is 11.5 Å². The van der Waals surface area contributed by atoms with Crippen LogP contribution in [0.1, 0.15) is 43.2 Å². The Bertz CT molecular complexity index is 598. The van der Waals surface area contributed by atoms with Crippen LogP contribution >= 0.6 is 0 Å². The highest BCUT2D eigenvalue weighted by molar-refractivity contribution is 5.43. The summed E-state index contributed by atoms with van der Waals surface area (Å²) in [6, 6.07) is 16.0. The third-order valence-electron chi connectivity index (χ3n) is 4.78. The number of phenols is 1. The van der Waals surface area contributed by atoms with Crippen LogP contribution in [0.25, 0.3) is 0 Å². The molecule has 0 unspecified atom stereocenters. The van der Waals surface area contributed by atoms with E-state index in [4.69, 9.17) is 10.5 Å². The molecule has 0 atom stereocenters. The van der Waals surface area contributed by atoms with Crippen molar-refractivity contribution in [1.29, 1.82) is 0 Å². The van der Waals surface area contributed by atoms with E-state index < -0.39 is 0 Å². The number of nitrogens with two attached hydrogens (primary N) is 1. The lowest BCUT2D eigenvalue weighted by Crippen LogP contribution is -2.30. The zero-order chi connectivity index (χ0) is 15.4. The van der Waals surface area contributed by atoms with E-state index in [1.165, 1.54) is 30.4 Å². The molecule has 0 aromatic heterocycles. The predicted octanol–water partition coefficient (Wildman–Crippen LogP) is 3.94. The number of ether oxygens (including phenoxy) is 1. The average molecular weight is 297 g/mol. The fourth-order valence-electron chi connectivity index (χ4n) is 3.65. The van der Waals surface area contributed by atoms with Crippen molar-refractivity contribution < 1.29 is 9.84 Å². The first-order chi connectivity index (χ1) is 10.7. The predicted molar refractivity (Wildman–Crippen MR) is 88.1 cm³/mol. The molecule has 22 heavy (non-hydrogen) atoms. The van der Waals surface area contributed by atoms with Gasteiger partial charge in [-0.15, -0.1) is 0 Å². The number of hydrogen-bond donors (Lipinski definition) is 2. The quantitative estimate of drug-likeness (QED) is 0.840. The minimum atomic E-state index is 0.0488. The molecule has 1 fully saturated rings. The van der Waals surface area contributed by atoms with Gasteiger partial charge in [0.05, 0.1) is 0 Å². The summed E-state index contributed by atoms with van der Waals surface area (Å²) in [6.07, 6.45) is 6.07. The zero-order valence-corrected chi connectivity index (χ0v) is 12.8. The summed E-state index contributed by atoms with van der Waals surface area (Å²) in [6.45, 7) is 0.197. The lowest BCUT2D eigenvalue weighted by atomic mass is 9.65. The summed E-state index contributed by atoms with van der Waals surface area (Å²) in [4.78, 5) is 0. The molecule has 2 aromatic carbocycles. The Morgan fingerprint density at radius 3 is 1.95 bits per heavy atom. The highest BCUT2D eigenvalue weighted by Crippen LogP contribution is 2.45. The SMILES string of the molecule is NCOc1ccc(C2(c3ccc(O)cc3)CCCCC2)cc1. The van der Waals surface area contributed by atoms with E-state index in [0.29, 0.717) is 5.75 Å². The molecule has 0 bridgehead atoms. The topological polar surface area (TPSA) is 55.5 Å². The van der Waals surface area contributed by atoms with E-state index in [1.54, 1.807) is 12.1 Å². The van der Waals surface area contributed by atoms with Gasteiger partial charge in [-0.25, -0.2) is 0 Å². The van der Waals surface area contributed by atoms with Gasteiger partial charge in [0.15, 0.2) is 0 Å². The number of rotatable bonds is 4. The van der Waals surface area contributed by atoms with Crippen LogP contribution in [0.3, 0.4) is 0 Å². The highest BCUT2D eigenvalue weighted by atomic mass is 16.5. The maximum atomic E-state index is 9.58. The van der Waals surface area contributed by atoms with Gasteiger partial charge in [-0.3, -0.25) is 5.73 Å². The van der Waals surface area contributed by atoms with Gasteiger partial charge in [0.1, 0.15) is 18.2 Å². The molecule has 3 N–H and O–H groups in total. The Morgan fingerprint density at radius 1 is 0.864 bits per heavy atom. The molecule has 2 aromatic rings. The minimum absolute atomic E-state index is 0.0488. The van der Waals surface area contributed by atoms with Gasteiger partial charge in [-0.1, -0.05) is 43.5 Å². The van der Waals surface area contributed by atoms with Crippen molar-refractivity contribution in [1.82, 2.24) is 0 Å². The maximum absolute atomic E-state index is 9.58. The van der Waals surface area contributed by atoms with Crippen LogP contribution in [-0.4, -0.2) is 11.8 Å². The molecule has 0 aliphatic heterocycles. The van der Waals surface area contributed by atoms with Crippen LogP contribution in [-0.2, 0) is 5.41 Å². The first-order valence-electron chi connectivity index (χ1n) is 7.97. The molecular formula is C19H23NO2. The Balaban J connectivity index is 2.00. The van der Waals surface area contributed by atoms with Gasteiger partial charge in [-0.2, -0.15) is 0 Å². The summed E-state index contributed by atoms with van der Waals surface area (Å²) in [7, 11) is 0. The van der Waals surface area contributed by atoms with E-state index in [9.17, 15) is 5.11 Å². The number of hydrogen-bond acceptors (Lipinski definition) is 3. The first-order valence-corrected chi connectivity index (χ1v) is 7.97. The van der Waals surface area contributed by atoms with Gasteiger partial charge in [0.25, 0.3) is 0 Å². The van der Waals surface area contributed by atoms with Crippen molar-refractivity contribution in [3.63, 3.8) is 0 Å². The highest BCUT2D eigenvalue weighted by Gasteiger charge is 2.35. The van der Waals surface area contributed by atoms with Gasteiger partial charge < -0.3 is 9.84 Å². The van der Waals surface area contributed by atoms with Crippen LogP contribution in [0.4, 0.5) is 0 Å². The fourth-order valence-corrected chi connectivity index (χ4v) is 3.65. The Morgan fingerprint density at radius 2 is 1.41 bits per heavy atom. The molecule has 0 heterocycles. The second-order valence-corrected chi connectivity index (χ2v) is 6.03. The third-order valence-corrected chi connectivity index (χ3v) is 4.78. The average Bonchev–Trinajstić information content (AvgIpc) is 2.57. The van der Waals surface area contributed by atoms with Crippen LogP contribution in [0.15, 0.2) is 48.5 Å². The van der Waals surface area contributed by atoms with Crippen LogP contribution in [0, 0.1) is 0 Å². The summed E-state index contributed by atoms with van der Waals surface area (Å²) in [5.41, 5.74) is 8.09. The van der Waals surface area contributed by atoms with E-state index in [0.717, 1.165) is 18.6 Å². The second-order valence-electron chi connectivity index (χ2n) is 6.03. The van der Waals surface area contributed by atoms with E-state index >= 15 is 0 Å². The van der Waals surface area contributed by atoms with E-state index in [1.807, 2.05) is 12.1 Å². The van der Waals surface area contributed by atoms with Crippen molar-refractivity contribution in [2.75, 3.05) is 6.73 Å². The smallest absolute Gasteiger partial charge is 0.137 e. The van der Waals surface area contributed by atoms with E-state index in [-0.39, 0.29) is 12.1 Å². The molecular weight excluding hydrogens is 274 g/mol. The van der Waals surface area contributed by atoms with E-state index in [2.05, 4.69) is 24.3 Å². The molecule has 1 aliphatic carbocycles. The standard InChI is InChI=1S/C19H23NO2/c20-14-22-18-10-6-16(7-11-18)19(12-2-1-3-13-19)15-4-8-17(21)9-5-15/h4-11,21H,1-3,12-14,20H2. The lowest BCUT2D eigenvalue weighted by molar-refractivity contribution is 0.327. The van der Waals surface area contributed by atoms with Crippen LogP contribution < -0.4 is 10.5 Å². The van der Waals surface area contributed by atoms with Gasteiger partial charge in [-0.05, 0) is 48.2 Å². The monoisotopic (exact) mass is 297 g/mol. The molecule has 0 amide bonds. The van der Waals surface area contributed by atoms with Gasteiger partial charge in [0.2, 0.25) is 0 Å². The molecule has 0 radical (unpaired) electrons. The number of aromatic hydroxyl groups is 1. The normalized spacial score (nSPS) is 17.1. The summed E-state index contributed by atoms with van der Waals surface area (Å²) in [5, 5.41) is 9.58. The zero-order valence-electron chi connectivity index (χ0n) is 12.8. The minimum Gasteiger partial charge on any atom is -0.508 e. The van der Waals surface area contributed by atoms with Gasteiger partial charge >= 0.3 is 0 Å². The van der Waals surface area contributed by atoms with Crippen molar-refractivity contribution in [2.45, 2.75) is 37.5 Å². The molecule has 0 spiro atoms. The maximum Gasteiger partial charge on any atom is 0.137 e. The van der Waals surface area contributed by atoms with Crippen molar-refractivity contribution in [2.24, 2.45) is 5.73 Å². The number of benzene rings is 2. The molecule has 0 saturated heterocycles. The molecule has 1 aliphatic rings. The molecule has 3 nitrogen and oxygen atoms in total. The number of phenolic OH excluding ortho intramolecular Hbond substituents is 1. The second kappa shape index (κ2) is 6.41. The van der Waals surface area contributed by atoms with Crippen LogP contribution in [0.2, 0.25) is 0 Å². The van der Waals surface area contributed by atoms with Crippen molar-refractivity contribution in [3.05, 3.63) is 59.7 Å². The molecule has 1 saturated carbocycles. The van der Waals surface area contributed by atoms with Crippen molar-refractivity contribution >= 4 is 0 Å². The third kappa shape index (κ3) is 2.81. The first kappa shape index (κ1) is 14.9. The Hall–Kier alpha value is -2.00. The molecule has 3 rings (SSSR count). The summed E-state index contributed by atoms with van der Waals surface area (Å²) < 4.78 is 5.35. The molecule has 116 valence electrons. The van der Waals surface area contributed by atoms with Gasteiger partial charge in [0, 0.05) is 5.41 Å².